The van der Waals surface area contributed by atoms with Gasteiger partial charge in [0.2, 0.25) is 5.91 Å². The molecule has 2 aromatic heterocycles. The molecule has 7 heteroatoms. The summed E-state index contributed by atoms with van der Waals surface area (Å²) in [4.78, 5) is 27.3. The summed E-state index contributed by atoms with van der Waals surface area (Å²) in [7, 11) is 0. The Bertz CT molecular complexity index is 1140. The van der Waals surface area contributed by atoms with Crippen molar-refractivity contribution in [2.45, 2.75) is 51.5 Å². The van der Waals surface area contributed by atoms with Crippen molar-refractivity contribution in [3.8, 4) is 0 Å². The Morgan fingerprint density at radius 1 is 1.20 bits per heavy atom. The summed E-state index contributed by atoms with van der Waals surface area (Å²) in [6, 6.07) is 7.31. The summed E-state index contributed by atoms with van der Waals surface area (Å²) in [5, 5.41) is 9.87. The maximum atomic E-state index is 12.8. The van der Waals surface area contributed by atoms with Crippen LogP contribution in [-0.2, 0) is 24.2 Å². The molecule has 7 nitrogen and oxygen atoms in total. The van der Waals surface area contributed by atoms with Crippen LogP contribution in [-0.4, -0.2) is 38.8 Å². The lowest BCUT2D eigenvalue weighted by Crippen LogP contribution is -2.41. The van der Waals surface area contributed by atoms with Crippen LogP contribution in [0.25, 0.3) is 10.8 Å². The predicted octanol–water partition coefficient (Wildman–Crippen LogP) is 2.92. The number of aryl methyl sites for hydroxylation is 1. The van der Waals surface area contributed by atoms with Crippen molar-refractivity contribution in [3.05, 3.63) is 57.8 Å². The standard InChI is InChI=1S/C23H26N4O3/c1-15-6-7-20-19(12-15)22(30-25-20)16-8-10-26(11-9-16)21(28)14-27-23(29)18-5-3-2-4-17(18)13-24-27/h2-5,13,15-16H,6-12,14H2,1H3/t15-/m0/s1. The lowest BCUT2D eigenvalue weighted by atomic mass is 9.83. The Labute approximate surface area is 174 Å². The Morgan fingerprint density at radius 2 is 2.00 bits per heavy atom. The number of piperidine rings is 1. The Morgan fingerprint density at radius 3 is 2.83 bits per heavy atom. The second kappa shape index (κ2) is 7.70. The van der Waals surface area contributed by atoms with Gasteiger partial charge in [0.15, 0.2) is 0 Å². The van der Waals surface area contributed by atoms with Crippen LogP contribution in [0.3, 0.4) is 0 Å². The van der Waals surface area contributed by atoms with Crippen molar-refractivity contribution in [3.63, 3.8) is 0 Å². The number of hydrogen-bond donors (Lipinski definition) is 0. The molecular formula is C23H26N4O3. The van der Waals surface area contributed by atoms with Crippen LogP contribution < -0.4 is 5.56 Å². The third-order valence-electron chi connectivity index (χ3n) is 6.59. The highest BCUT2D eigenvalue weighted by molar-refractivity contribution is 5.81. The number of carbonyl (C=O) groups excluding carboxylic acids is 1. The van der Waals surface area contributed by atoms with E-state index in [1.165, 1.54) is 16.7 Å². The molecule has 0 bridgehead atoms. The average molecular weight is 406 g/mol. The summed E-state index contributed by atoms with van der Waals surface area (Å²) in [5.41, 5.74) is 2.22. The SMILES string of the molecule is C[C@H]1CCc2noc(C3CCN(C(=O)Cn4ncc5ccccc5c4=O)CC3)c2C1. The molecule has 156 valence electrons. The van der Waals surface area contributed by atoms with Crippen molar-refractivity contribution in [2.75, 3.05) is 13.1 Å². The highest BCUT2D eigenvalue weighted by Gasteiger charge is 2.31. The molecule has 0 N–H and O–H groups in total. The fourth-order valence-electron chi connectivity index (χ4n) is 4.79. The first-order valence-corrected chi connectivity index (χ1v) is 10.8. The molecule has 2 aliphatic rings. The van der Waals surface area contributed by atoms with Crippen LogP contribution >= 0.6 is 0 Å². The first-order chi connectivity index (χ1) is 14.6. The van der Waals surface area contributed by atoms with E-state index in [0.29, 0.717) is 30.3 Å². The van der Waals surface area contributed by atoms with Gasteiger partial charge in [-0.05, 0) is 44.1 Å². The zero-order valence-corrected chi connectivity index (χ0v) is 17.2. The van der Waals surface area contributed by atoms with Gasteiger partial charge in [-0.3, -0.25) is 9.59 Å². The number of nitrogens with zero attached hydrogens (tertiary/aromatic N) is 4. The smallest absolute Gasteiger partial charge is 0.275 e. The van der Waals surface area contributed by atoms with Crippen molar-refractivity contribution in [2.24, 2.45) is 5.92 Å². The highest BCUT2D eigenvalue weighted by atomic mass is 16.5. The molecule has 1 aliphatic carbocycles. The summed E-state index contributed by atoms with van der Waals surface area (Å²) in [6.45, 7) is 3.58. The summed E-state index contributed by atoms with van der Waals surface area (Å²) >= 11 is 0. The largest absolute Gasteiger partial charge is 0.361 e. The molecule has 1 atom stereocenters. The van der Waals surface area contributed by atoms with Gasteiger partial charge in [-0.25, -0.2) is 4.68 Å². The van der Waals surface area contributed by atoms with Gasteiger partial charge in [0.1, 0.15) is 12.3 Å². The second-order valence-corrected chi connectivity index (χ2v) is 8.67. The van der Waals surface area contributed by atoms with Gasteiger partial charge in [-0.1, -0.05) is 30.3 Å². The number of benzene rings is 1. The number of hydrogen-bond acceptors (Lipinski definition) is 5. The molecule has 30 heavy (non-hydrogen) atoms. The average Bonchev–Trinajstić information content (AvgIpc) is 3.19. The molecule has 1 aromatic carbocycles. The number of fused-ring (bicyclic) bond motifs is 2. The summed E-state index contributed by atoms with van der Waals surface area (Å²) < 4.78 is 7.01. The van der Waals surface area contributed by atoms with Crippen LogP contribution in [0.5, 0.6) is 0 Å². The maximum Gasteiger partial charge on any atom is 0.275 e. The third-order valence-corrected chi connectivity index (χ3v) is 6.59. The molecule has 0 spiro atoms. The van der Waals surface area contributed by atoms with Gasteiger partial charge in [0, 0.05) is 30.0 Å². The van der Waals surface area contributed by atoms with Crippen molar-refractivity contribution < 1.29 is 9.32 Å². The van der Waals surface area contributed by atoms with Crippen molar-refractivity contribution in [1.29, 1.82) is 0 Å². The Hall–Kier alpha value is -2.96. The number of aromatic nitrogens is 3. The molecule has 1 amide bonds. The third kappa shape index (κ3) is 3.42. The first kappa shape index (κ1) is 19.0. The predicted molar refractivity (Wildman–Crippen MR) is 112 cm³/mol. The van der Waals surface area contributed by atoms with Gasteiger partial charge < -0.3 is 9.42 Å². The van der Waals surface area contributed by atoms with Crippen LogP contribution in [0.1, 0.15) is 49.1 Å². The molecule has 0 radical (unpaired) electrons. The molecule has 0 saturated carbocycles. The molecule has 1 fully saturated rings. The molecule has 3 heterocycles. The van der Waals surface area contributed by atoms with Gasteiger partial charge in [0.05, 0.1) is 17.3 Å². The topological polar surface area (TPSA) is 81.2 Å². The Balaban J connectivity index is 1.25. The van der Waals surface area contributed by atoms with Crippen LogP contribution in [0, 0.1) is 5.92 Å². The van der Waals surface area contributed by atoms with E-state index in [0.717, 1.165) is 42.5 Å². The Kier molecular flexibility index (Phi) is 4.89. The second-order valence-electron chi connectivity index (χ2n) is 8.67. The van der Waals surface area contributed by atoms with Gasteiger partial charge in [-0.15, -0.1) is 0 Å². The van der Waals surface area contributed by atoms with E-state index in [9.17, 15) is 9.59 Å². The van der Waals surface area contributed by atoms with E-state index in [-0.39, 0.29) is 18.0 Å². The molecule has 1 aliphatic heterocycles. The summed E-state index contributed by atoms with van der Waals surface area (Å²) in [6.07, 6.45) is 6.59. The minimum Gasteiger partial charge on any atom is -0.361 e. The zero-order chi connectivity index (χ0) is 20.7. The first-order valence-electron chi connectivity index (χ1n) is 10.8. The summed E-state index contributed by atoms with van der Waals surface area (Å²) in [5.74, 6) is 1.96. The lowest BCUT2D eigenvalue weighted by Gasteiger charge is -2.31. The maximum absolute atomic E-state index is 12.8. The molecule has 5 rings (SSSR count). The minimum atomic E-state index is -0.223. The quantitative estimate of drug-likeness (QED) is 0.668. The van der Waals surface area contributed by atoms with Gasteiger partial charge in [-0.2, -0.15) is 5.10 Å². The molecule has 3 aromatic rings. The number of carbonyl (C=O) groups is 1. The number of likely N-dealkylation sites (tertiary alicyclic amines) is 1. The molecule has 1 saturated heterocycles. The van der Waals surface area contributed by atoms with E-state index in [1.54, 1.807) is 12.3 Å². The zero-order valence-electron chi connectivity index (χ0n) is 17.2. The van der Waals surface area contributed by atoms with E-state index in [2.05, 4.69) is 17.2 Å². The van der Waals surface area contributed by atoms with Gasteiger partial charge in [0.25, 0.3) is 5.56 Å². The fraction of sp³-hybridized carbons (Fsp3) is 0.478. The van der Waals surface area contributed by atoms with Crippen LogP contribution in [0.2, 0.25) is 0 Å². The van der Waals surface area contributed by atoms with Crippen molar-refractivity contribution >= 4 is 16.7 Å². The van der Waals surface area contributed by atoms with Crippen LogP contribution in [0.4, 0.5) is 0 Å². The van der Waals surface area contributed by atoms with E-state index in [4.69, 9.17) is 4.52 Å². The number of rotatable bonds is 3. The molecule has 0 unspecified atom stereocenters. The highest BCUT2D eigenvalue weighted by Crippen LogP contribution is 2.36. The number of amides is 1. The fourth-order valence-corrected chi connectivity index (χ4v) is 4.79. The van der Waals surface area contributed by atoms with E-state index in [1.807, 2.05) is 23.1 Å². The minimum absolute atomic E-state index is 0.0243. The normalized spacial score (nSPS) is 19.8. The van der Waals surface area contributed by atoms with Crippen LogP contribution in [0.15, 0.2) is 39.8 Å². The van der Waals surface area contributed by atoms with Crippen molar-refractivity contribution in [1.82, 2.24) is 19.8 Å². The molecular weight excluding hydrogens is 380 g/mol. The monoisotopic (exact) mass is 406 g/mol. The van der Waals surface area contributed by atoms with E-state index >= 15 is 0 Å². The lowest BCUT2D eigenvalue weighted by molar-refractivity contribution is -0.133. The van der Waals surface area contributed by atoms with E-state index < -0.39 is 0 Å². The van der Waals surface area contributed by atoms with Gasteiger partial charge >= 0.3 is 0 Å².